The molecule has 0 aliphatic carbocycles. The van der Waals surface area contributed by atoms with Crippen LogP contribution in [0.15, 0.2) is 0 Å². The van der Waals surface area contributed by atoms with Gasteiger partial charge < -0.3 is 29.5 Å². The van der Waals surface area contributed by atoms with Gasteiger partial charge in [-0.1, -0.05) is 0 Å². The minimum Gasteiger partial charge on any atom is -0.469 e. The summed E-state index contributed by atoms with van der Waals surface area (Å²) in [7, 11) is 1.33. The number of rotatable bonds is 10. The van der Waals surface area contributed by atoms with E-state index in [4.69, 9.17) is 24.8 Å². The number of carbonyl (C=O) groups excluding carboxylic acids is 1. The van der Waals surface area contributed by atoms with Gasteiger partial charge in [0.05, 0.1) is 46.8 Å². The van der Waals surface area contributed by atoms with Gasteiger partial charge >= 0.3 is 5.97 Å². The quantitative estimate of drug-likeness (QED) is 0.342. The van der Waals surface area contributed by atoms with Crippen LogP contribution in [0.4, 0.5) is 0 Å². The van der Waals surface area contributed by atoms with Crippen molar-refractivity contribution < 1.29 is 34.3 Å². The van der Waals surface area contributed by atoms with Crippen molar-refractivity contribution in [3.63, 3.8) is 0 Å². The Labute approximate surface area is 107 Å². The predicted octanol–water partition coefficient (Wildman–Crippen LogP) is -1.06. The van der Waals surface area contributed by atoms with Gasteiger partial charge in [0.15, 0.2) is 0 Å². The molecule has 7 heteroatoms. The predicted molar refractivity (Wildman–Crippen MR) is 64.1 cm³/mol. The molecule has 0 saturated heterocycles. The van der Waals surface area contributed by atoms with E-state index < -0.39 is 0 Å². The Kier molecular flexibility index (Phi) is 20.3. The average Bonchev–Trinajstić information content (AvgIpc) is 2.40. The van der Waals surface area contributed by atoms with Crippen molar-refractivity contribution in [1.82, 2.24) is 0 Å². The summed E-state index contributed by atoms with van der Waals surface area (Å²) in [6.45, 7) is 1.78. The lowest BCUT2D eigenvalue weighted by Crippen LogP contribution is -2.09. The van der Waals surface area contributed by atoms with E-state index in [2.05, 4.69) is 4.74 Å². The summed E-state index contributed by atoms with van der Waals surface area (Å²) < 4.78 is 14.0. The normalized spacial score (nSPS) is 9.56. The fraction of sp³-hybridized carbons (Fsp3) is 0.909. The molecule has 0 aromatic heterocycles. The molecule has 0 radical (unpaired) electrons. The number of methoxy groups -OCH3 is 1. The Bertz CT molecular complexity index is 155. The van der Waals surface area contributed by atoms with Gasteiger partial charge in [-0.2, -0.15) is 0 Å². The molecule has 0 unspecified atom stereocenters. The van der Waals surface area contributed by atoms with E-state index in [0.29, 0.717) is 39.3 Å². The maximum atomic E-state index is 10.2. The fourth-order valence-electron chi connectivity index (χ4n) is 0.777. The highest BCUT2D eigenvalue weighted by molar-refractivity contribution is 5.68. The molecule has 3 N–H and O–H groups in total. The summed E-state index contributed by atoms with van der Waals surface area (Å²) in [5.41, 5.74) is 0. The first-order valence-corrected chi connectivity index (χ1v) is 5.77. The minimum absolute atomic E-state index is 0.0417. The first-order chi connectivity index (χ1) is 8.72. The Morgan fingerprint density at radius 2 is 1.39 bits per heavy atom. The zero-order chi connectivity index (χ0) is 14.1. The van der Waals surface area contributed by atoms with Crippen LogP contribution in [0.1, 0.15) is 12.8 Å². The van der Waals surface area contributed by atoms with Crippen LogP contribution in [-0.2, 0) is 19.0 Å². The number of hydrogen-bond donors (Lipinski definition) is 3. The van der Waals surface area contributed by atoms with E-state index in [1.165, 1.54) is 7.11 Å². The summed E-state index contributed by atoms with van der Waals surface area (Å²) in [6.07, 6.45) is 0.805. The van der Waals surface area contributed by atoms with Crippen LogP contribution in [0.5, 0.6) is 0 Å². The van der Waals surface area contributed by atoms with Gasteiger partial charge in [0.1, 0.15) is 0 Å². The lowest BCUT2D eigenvalue weighted by molar-refractivity contribution is -0.140. The van der Waals surface area contributed by atoms with Gasteiger partial charge in [0.25, 0.3) is 0 Å². The number of esters is 1. The monoisotopic (exact) mass is 268 g/mol. The van der Waals surface area contributed by atoms with Crippen molar-refractivity contribution in [2.24, 2.45) is 0 Å². The van der Waals surface area contributed by atoms with Crippen LogP contribution < -0.4 is 0 Å². The first-order valence-electron chi connectivity index (χ1n) is 5.77. The highest BCUT2D eigenvalue weighted by atomic mass is 16.5. The van der Waals surface area contributed by atoms with Crippen LogP contribution >= 0.6 is 0 Å². The van der Waals surface area contributed by atoms with E-state index in [9.17, 15) is 4.79 Å². The van der Waals surface area contributed by atoms with Gasteiger partial charge in [-0.05, 0) is 6.42 Å². The zero-order valence-electron chi connectivity index (χ0n) is 10.8. The van der Waals surface area contributed by atoms with Crippen LogP contribution in [-0.4, -0.2) is 74.6 Å². The summed E-state index contributed by atoms with van der Waals surface area (Å²) >= 11 is 0. The number of ether oxygens (including phenoxy) is 3. The third kappa shape index (κ3) is 20.7. The third-order valence-electron chi connectivity index (χ3n) is 1.61. The molecule has 18 heavy (non-hydrogen) atoms. The van der Waals surface area contributed by atoms with Crippen LogP contribution in [0, 0.1) is 0 Å². The van der Waals surface area contributed by atoms with Gasteiger partial charge in [-0.15, -0.1) is 0 Å². The van der Waals surface area contributed by atoms with Gasteiger partial charge in [-0.3, -0.25) is 4.79 Å². The van der Waals surface area contributed by atoms with E-state index >= 15 is 0 Å². The second-order valence-electron chi connectivity index (χ2n) is 3.08. The van der Waals surface area contributed by atoms with Crippen molar-refractivity contribution in [3.05, 3.63) is 0 Å². The third-order valence-corrected chi connectivity index (χ3v) is 1.61. The molecular weight excluding hydrogens is 244 g/mol. The van der Waals surface area contributed by atoms with Crippen LogP contribution in [0.3, 0.4) is 0 Å². The summed E-state index contributed by atoms with van der Waals surface area (Å²) in [5.74, 6) is -0.265. The smallest absolute Gasteiger partial charge is 0.305 e. The average molecular weight is 268 g/mol. The molecule has 0 aromatic carbocycles. The summed E-state index contributed by atoms with van der Waals surface area (Å²) in [6, 6.07) is 0. The zero-order valence-corrected chi connectivity index (χ0v) is 10.8. The Balaban J connectivity index is 0. The van der Waals surface area contributed by atoms with Crippen LogP contribution in [0.2, 0.25) is 0 Å². The van der Waals surface area contributed by atoms with E-state index in [0.717, 1.165) is 0 Å². The molecule has 0 aliphatic rings. The first kappa shape index (κ1) is 19.6. The van der Waals surface area contributed by atoms with Gasteiger partial charge in [-0.25, -0.2) is 0 Å². The highest BCUT2D eigenvalue weighted by Gasteiger charge is 1.95. The van der Waals surface area contributed by atoms with Crippen molar-refractivity contribution in [3.8, 4) is 0 Å². The molecule has 0 heterocycles. The fourth-order valence-corrected chi connectivity index (χ4v) is 0.777. The molecule has 0 aliphatic heterocycles. The van der Waals surface area contributed by atoms with E-state index in [1.807, 2.05) is 0 Å². The van der Waals surface area contributed by atoms with E-state index in [1.54, 1.807) is 0 Å². The number of aliphatic hydroxyl groups excluding tert-OH is 3. The molecule has 0 amide bonds. The molecule has 0 aromatic rings. The van der Waals surface area contributed by atoms with Crippen molar-refractivity contribution in [2.45, 2.75) is 12.8 Å². The molecule has 0 spiro atoms. The van der Waals surface area contributed by atoms with Gasteiger partial charge in [0, 0.05) is 13.0 Å². The maximum Gasteiger partial charge on any atom is 0.305 e. The molecular formula is C11H24O7. The lowest BCUT2D eigenvalue weighted by Gasteiger charge is -2.01. The number of hydrogen-bond acceptors (Lipinski definition) is 7. The van der Waals surface area contributed by atoms with Crippen molar-refractivity contribution in [1.29, 1.82) is 0 Å². The minimum atomic E-state index is -0.265. The second kappa shape index (κ2) is 18.6. The second-order valence-corrected chi connectivity index (χ2v) is 3.08. The van der Waals surface area contributed by atoms with Crippen molar-refractivity contribution in [2.75, 3.05) is 53.4 Å². The Hall–Kier alpha value is -0.730. The Morgan fingerprint density at radius 1 is 0.889 bits per heavy atom. The molecule has 0 atom stereocenters. The number of carbonyl (C=O) groups is 1. The molecule has 110 valence electrons. The molecule has 0 rings (SSSR count). The van der Waals surface area contributed by atoms with Crippen LogP contribution in [0.25, 0.3) is 0 Å². The van der Waals surface area contributed by atoms with Gasteiger partial charge in [0.2, 0.25) is 0 Å². The SMILES string of the molecule is COC(=O)CCCO.OCCOCCOCCO. The molecule has 0 fully saturated rings. The largest absolute Gasteiger partial charge is 0.469 e. The van der Waals surface area contributed by atoms with E-state index in [-0.39, 0.29) is 25.8 Å². The summed E-state index contributed by atoms with van der Waals surface area (Å²) in [4.78, 5) is 10.2. The molecule has 0 bridgehead atoms. The topological polar surface area (TPSA) is 105 Å². The van der Waals surface area contributed by atoms with Crippen molar-refractivity contribution >= 4 is 5.97 Å². The maximum absolute atomic E-state index is 10.2. The molecule has 0 saturated carbocycles. The number of aliphatic hydroxyl groups is 3. The lowest BCUT2D eigenvalue weighted by atomic mass is 10.3. The highest BCUT2D eigenvalue weighted by Crippen LogP contribution is 1.87. The standard InChI is InChI=1S/C6H14O4.C5H10O3/c7-1-3-9-5-6-10-4-2-8;1-8-5(7)3-2-4-6/h7-8H,1-6H2;6H,2-4H2,1H3. The Morgan fingerprint density at radius 3 is 1.72 bits per heavy atom. The summed E-state index contributed by atoms with van der Waals surface area (Å²) in [5, 5.41) is 24.7. The molecule has 7 nitrogen and oxygen atoms in total.